The zero-order chi connectivity index (χ0) is 10.0. The topological polar surface area (TPSA) is 47.2 Å². The number of aromatic nitrogens is 2. The molecule has 0 radical (unpaired) electrons. The highest BCUT2D eigenvalue weighted by Gasteiger charge is 2.14. The van der Waals surface area contributed by atoms with E-state index in [4.69, 9.17) is 0 Å². The maximum atomic E-state index is 10.5. The van der Waals surface area contributed by atoms with E-state index in [0.717, 1.165) is 17.8 Å². The Morgan fingerprint density at radius 3 is 2.62 bits per heavy atom. The van der Waals surface area contributed by atoms with Crippen LogP contribution in [0.5, 0.6) is 0 Å². The van der Waals surface area contributed by atoms with Crippen molar-refractivity contribution < 1.29 is 0 Å². The third-order valence-corrected chi connectivity index (χ3v) is 2.07. The molecule has 0 aromatic carbocycles. The molecular weight excluding hydrogens is 166 g/mol. The molecule has 0 spiro atoms. The molecule has 4 nitrogen and oxygen atoms in total. The van der Waals surface area contributed by atoms with E-state index >= 15 is 0 Å². The first-order valence-electron chi connectivity index (χ1n) is 4.42. The molecule has 0 aliphatic rings. The van der Waals surface area contributed by atoms with Crippen LogP contribution in [0.4, 0.5) is 5.69 Å². The molecule has 0 saturated carbocycles. The van der Waals surface area contributed by atoms with Gasteiger partial charge in [-0.1, -0.05) is 13.8 Å². The molecule has 13 heavy (non-hydrogen) atoms. The number of hydrogen-bond donors (Lipinski definition) is 0. The summed E-state index contributed by atoms with van der Waals surface area (Å²) in [5, 5.41) is 7.25. The van der Waals surface area contributed by atoms with Crippen molar-refractivity contribution in [1.29, 1.82) is 0 Å². The number of hydrogen-bond acceptors (Lipinski definition) is 3. The molecule has 0 atom stereocenters. The van der Waals surface area contributed by atoms with E-state index in [1.807, 2.05) is 14.0 Å². The summed E-state index contributed by atoms with van der Waals surface area (Å²) in [4.78, 5) is 10.5. The van der Waals surface area contributed by atoms with Crippen LogP contribution in [0.25, 0.3) is 0 Å². The zero-order valence-electron chi connectivity index (χ0n) is 8.53. The van der Waals surface area contributed by atoms with E-state index in [-0.39, 0.29) is 0 Å². The first-order valence-corrected chi connectivity index (χ1v) is 4.42. The lowest BCUT2D eigenvalue weighted by Gasteiger charge is -1.99. The van der Waals surface area contributed by atoms with Crippen LogP contribution < -0.4 is 0 Å². The Kier molecular flexibility index (Phi) is 2.80. The second kappa shape index (κ2) is 3.68. The van der Waals surface area contributed by atoms with Crippen molar-refractivity contribution in [2.45, 2.75) is 27.2 Å². The van der Waals surface area contributed by atoms with Crippen molar-refractivity contribution in [3.8, 4) is 0 Å². The van der Waals surface area contributed by atoms with Crippen LogP contribution in [0.3, 0.4) is 0 Å². The standard InChI is InChI=1S/C9H15N3O/c1-6(2)5-8-9(11-13)7(3)12(4)10-8/h6H,5H2,1-4H3. The molecule has 0 aliphatic heterocycles. The molecule has 1 heterocycles. The highest BCUT2D eigenvalue weighted by atomic mass is 16.3. The molecule has 0 fully saturated rings. The van der Waals surface area contributed by atoms with E-state index in [9.17, 15) is 4.91 Å². The van der Waals surface area contributed by atoms with Crippen LogP contribution in [0, 0.1) is 17.7 Å². The molecule has 0 bridgehead atoms. The second-order valence-electron chi connectivity index (χ2n) is 3.69. The first kappa shape index (κ1) is 9.89. The summed E-state index contributed by atoms with van der Waals surface area (Å²) in [5.41, 5.74) is 2.16. The highest BCUT2D eigenvalue weighted by molar-refractivity contribution is 5.46. The Balaban J connectivity index is 3.06. The van der Waals surface area contributed by atoms with Crippen LogP contribution in [0.2, 0.25) is 0 Å². The summed E-state index contributed by atoms with van der Waals surface area (Å²) in [5.74, 6) is 0.495. The zero-order valence-corrected chi connectivity index (χ0v) is 8.53. The van der Waals surface area contributed by atoms with Gasteiger partial charge in [-0.15, -0.1) is 4.91 Å². The number of nitrogens with zero attached hydrogens (tertiary/aromatic N) is 3. The van der Waals surface area contributed by atoms with E-state index in [0.29, 0.717) is 11.6 Å². The van der Waals surface area contributed by atoms with Gasteiger partial charge in [0.05, 0.1) is 11.4 Å². The lowest BCUT2D eigenvalue weighted by atomic mass is 10.1. The van der Waals surface area contributed by atoms with Crippen LogP contribution in [-0.4, -0.2) is 9.78 Å². The highest BCUT2D eigenvalue weighted by Crippen LogP contribution is 2.24. The van der Waals surface area contributed by atoms with Crippen molar-refractivity contribution in [3.05, 3.63) is 16.3 Å². The maximum absolute atomic E-state index is 10.5. The monoisotopic (exact) mass is 181 g/mol. The van der Waals surface area contributed by atoms with Gasteiger partial charge in [-0.05, 0) is 24.4 Å². The first-order chi connectivity index (χ1) is 6.06. The summed E-state index contributed by atoms with van der Waals surface area (Å²) in [6.07, 6.45) is 0.808. The Morgan fingerprint density at radius 1 is 1.54 bits per heavy atom. The Bertz CT molecular complexity index is 315. The van der Waals surface area contributed by atoms with Gasteiger partial charge in [-0.3, -0.25) is 4.68 Å². The molecule has 1 aromatic rings. The van der Waals surface area contributed by atoms with Crippen LogP contribution in [0.1, 0.15) is 25.2 Å². The van der Waals surface area contributed by atoms with Crippen LogP contribution in [-0.2, 0) is 13.5 Å². The fourth-order valence-corrected chi connectivity index (χ4v) is 1.31. The summed E-state index contributed by atoms with van der Waals surface area (Å²) in [6, 6.07) is 0. The van der Waals surface area contributed by atoms with Gasteiger partial charge in [0.15, 0.2) is 5.69 Å². The summed E-state index contributed by atoms with van der Waals surface area (Å²) < 4.78 is 1.70. The number of nitroso groups, excluding NO2 is 1. The van der Waals surface area contributed by atoms with Gasteiger partial charge in [0.1, 0.15) is 0 Å². The van der Waals surface area contributed by atoms with E-state index in [2.05, 4.69) is 24.1 Å². The minimum absolute atomic E-state index is 0.495. The van der Waals surface area contributed by atoms with Crippen LogP contribution in [0.15, 0.2) is 5.18 Å². The van der Waals surface area contributed by atoms with E-state index < -0.39 is 0 Å². The van der Waals surface area contributed by atoms with Gasteiger partial charge in [0, 0.05) is 7.05 Å². The van der Waals surface area contributed by atoms with Crippen molar-refractivity contribution in [1.82, 2.24) is 9.78 Å². The van der Waals surface area contributed by atoms with Gasteiger partial charge >= 0.3 is 0 Å². The third kappa shape index (κ3) is 1.94. The Morgan fingerprint density at radius 2 is 2.15 bits per heavy atom. The molecule has 4 heteroatoms. The van der Waals surface area contributed by atoms with Gasteiger partial charge in [-0.25, -0.2) is 0 Å². The third-order valence-electron chi connectivity index (χ3n) is 2.07. The molecule has 0 amide bonds. The molecule has 0 saturated heterocycles. The van der Waals surface area contributed by atoms with E-state index in [1.165, 1.54) is 0 Å². The van der Waals surface area contributed by atoms with Gasteiger partial charge in [0.25, 0.3) is 0 Å². The minimum atomic E-state index is 0.495. The number of aryl methyl sites for hydroxylation is 1. The van der Waals surface area contributed by atoms with Gasteiger partial charge in [-0.2, -0.15) is 5.10 Å². The molecule has 1 rings (SSSR count). The Hall–Kier alpha value is -1.19. The summed E-state index contributed by atoms with van der Waals surface area (Å²) in [6.45, 7) is 6.05. The second-order valence-corrected chi connectivity index (χ2v) is 3.69. The van der Waals surface area contributed by atoms with Crippen molar-refractivity contribution in [2.24, 2.45) is 18.1 Å². The predicted octanol–water partition coefficient (Wildman–Crippen LogP) is 2.32. The van der Waals surface area contributed by atoms with E-state index in [1.54, 1.807) is 4.68 Å². The SMILES string of the molecule is Cc1c(N=O)c(CC(C)C)nn1C. The average molecular weight is 181 g/mol. The molecule has 0 N–H and O–H groups in total. The molecule has 1 aromatic heterocycles. The largest absolute Gasteiger partial charge is 0.270 e. The average Bonchev–Trinajstić information content (AvgIpc) is 2.27. The summed E-state index contributed by atoms with van der Waals surface area (Å²) in [7, 11) is 1.83. The number of rotatable bonds is 3. The molecule has 72 valence electrons. The van der Waals surface area contributed by atoms with Gasteiger partial charge in [0.2, 0.25) is 0 Å². The maximum Gasteiger partial charge on any atom is 0.151 e. The quantitative estimate of drug-likeness (QED) is 0.672. The van der Waals surface area contributed by atoms with Gasteiger partial charge < -0.3 is 0 Å². The minimum Gasteiger partial charge on any atom is -0.270 e. The molecule has 0 unspecified atom stereocenters. The fourth-order valence-electron chi connectivity index (χ4n) is 1.31. The molecular formula is C9H15N3O. The lowest BCUT2D eigenvalue weighted by Crippen LogP contribution is -1.97. The smallest absolute Gasteiger partial charge is 0.151 e. The molecule has 0 aliphatic carbocycles. The summed E-state index contributed by atoms with van der Waals surface area (Å²) >= 11 is 0. The lowest BCUT2D eigenvalue weighted by molar-refractivity contribution is 0.619. The van der Waals surface area contributed by atoms with Crippen LogP contribution >= 0.6 is 0 Å². The normalized spacial score (nSPS) is 10.8. The Labute approximate surface area is 77.9 Å². The van der Waals surface area contributed by atoms with Crippen molar-refractivity contribution in [3.63, 3.8) is 0 Å². The van der Waals surface area contributed by atoms with Crippen molar-refractivity contribution >= 4 is 5.69 Å². The van der Waals surface area contributed by atoms with Crippen molar-refractivity contribution in [2.75, 3.05) is 0 Å². The predicted molar refractivity (Wildman–Crippen MR) is 51.9 cm³/mol. The fraction of sp³-hybridized carbons (Fsp3) is 0.667.